The Morgan fingerprint density at radius 1 is 1.24 bits per heavy atom. The molecule has 4 heteroatoms. The number of nitrogens with zero attached hydrogens (tertiary/aromatic N) is 1. The number of amides is 2. The van der Waals surface area contributed by atoms with Crippen molar-refractivity contribution in [2.75, 3.05) is 11.9 Å². The Balaban J connectivity index is 2.72. The molecule has 0 aliphatic carbocycles. The number of carbonyl (C=O) groups is 2. The normalized spacial score (nSPS) is 10.0. The van der Waals surface area contributed by atoms with E-state index in [2.05, 4.69) is 6.92 Å². The maximum Gasteiger partial charge on any atom is 0.248 e. The van der Waals surface area contributed by atoms with E-state index in [1.807, 2.05) is 0 Å². The van der Waals surface area contributed by atoms with Crippen LogP contribution < -0.4 is 10.6 Å². The molecule has 4 nitrogen and oxygen atoms in total. The molecule has 0 aromatic heterocycles. The van der Waals surface area contributed by atoms with Gasteiger partial charge in [0.25, 0.3) is 0 Å². The van der Waals surface area contributed by atoms with Crippen LogP contribution >= 0.6 is 0 Å². The zero-order valence-corrected chi connectivity index (χ0v) is 10.3. The van der Waals surface area contributed by atoms with Crippen molar-refractivity contribution in [2.45, 2.75) is 26.2 Å². The number of benzene rings is 1. The van der Waals surface area contributed by atoms with E-state index in [-0.39, 0.29) is 5.91 Å². The Bertz CT molecular complexity index is 398. The van der Waals surface area contributed by atoms with Gasteiger partial charge in [0.1, 0.15) is 0 Å². The van der Waals surface area contributed by atoms with Gasteiger partial charge >= 0.3 is 0 Å². The molecule has 0 saturated carbocycles. The summed E-state index contributed by atoms with van der Waals surface area (Å²) in [5, 5.41) is 0. The number of unbranched alkanes of at least 4 members (excludes halogenated alkanes) is 1. The van der Waals surface area contributed by atoms with E-state index in [4.69, 9.17) is 5.73 Å². The minimum absolute atomic E-state index is 0.0821. The topological polar surface area (TPSA) is 63.4 Å². The molecule has 0 aliphatic rings. The van der Waals surface area contributed by atoms with Gasteiger partial charge in [-0.1, -0.05) is 13.3 Å². The molecule has 0 unspecified atom stereocenters. The summed E-state index contributed by atoms with van der Waals surface area (Å²) in [5.41, 5.74) is 6.37. The third-order valence-corrected chi connectivity index (χ3v) is 2.66. The molecule has 0 bridgehead atoms. The summed E-state index contributed by atoms with van der Waals surface area (Å²) in [4.78, 5) is 24.3. The van der Waals surface area contributed by atoms with Crippen molar-refractivity contribution < 1.29 is 9.59 Å². The molecule has 1 aromatic rings. The summed E-state index contributed by atoms with van der Waals surface area (Å²) in [6.07, 6.45) is 2.44. The maximum absolute atomic E-state index is 11.8. The van der Waals surface area contributed by atoms with Gasteiger partial charge in [-0.3, -0.25) is 9.59 Å². The van der Waals surface area contributed by atoms with Crippen LogP contribution in [0.4, 0.5) is 5.69 Å². The number of carbonyl (C=O) groups excluding carboxylic acids is 2. The van der Waals surface area contributed by atoms with E-state index >= 15 is 0 Å². The van der Waals surface area contributed by atoms with Gasteiger partial charge in [0.2, 0.25) is 11.8 Å². The molecule has 1 aromatic carbocycles. The Hall–Kier alpha value is -1.84. The zero-order valence-electron chi connectivity index (χ0n) is 10.3. The molecular weight excluding hydrogens is 216 g/mol. The van der Waals surface area contributed by atoms with Crippen molar-refractivity contribution in [3.63, 3.8) is 0 Å². The van der Waals surface area contributed by atoms with E-state index in [9.17, 15) is 9.59 Å². The second-order valence-corrected chi connectivity index (χ2v) is 3.97. The van der Waals surface area contributed by atoms with Crippen LogP contribution in [0.3, 0.4) is 0 Å². The summed E-state index contributed by atoms with van der Waals surface area (Å²) in [7, 11) is 1.73. The molecule has 92 valence electrons. The SMILES string of the molecule is CCCCC(=O)N(C)c1ccc(C(N)=O)cc1. The van der Waals surface area contributed by atoms with Gasteiger partial charge in [-0.2, -0.15) is 0 Å². The summed E-state index contributed by atoms with van der Waals surface area (Å²) >= 11 is 0. The number of anilines is 1. The van der Waals surface area contributed by atoms with E-state index in [1.165, 1.54) is 0 Å². The number of rotatable bonds is 5. The monoisotopic (exact) mass is 234 g/mol. The number of hydrogen-bond acceptors (Lipinski definition) is 2. The van der Waals surface area contributed by atoms with E-state index in [0.29, 0.717) is 12.0 Å². The minimum Gasteiger partial charge on any atom is -0.366 e. The summed E-state index contributed by atoms with van der Waals surface area (Å²) < 4.78 is 0. The van der Waals surface area contributed by atoms with Gasteiger partial charge in [-0.05, 0) is 30.7 Å². The Morgan fingerprint density at radius 3 is 2.29 bits per heavy atom. The number of nitrogens with two attached hydrogens (primary N) is 1. The quantitative estimate of drug-likeness (QED) is 0.846. The van der Waals surface area contributed by atoms with Crippen molar-refractivity contribution >= 4 is 17.5 Å². The Morgan fingerprint density at radius 2 is 1.82 bits per heavy atom. The van der Waals surface area contributed by atoms with Gasteiger partial charge in [0.15, 0.2) is 0 Å². The van der Waals surface area contributed by atoms with Crippen LogP contribution in [0.5, 0.6) is 0 Å². The molecule has 2 N–H and O–H groups in total. The highest BCUT2D eigenvalue weighted by molar-refractivity contribution is 5.95. The highest BCUT2D eigenvalue weighted by Crippen LogP contribution is 2.15. The van der Waals surface area contributed by atoms with Crippen LogP contribution in [0.25, 0.3) is 0 Å². The predicted octanol–water partition coefficient (Wildman–Crippen LogP) is 1.94. The predicted molar refractivity (Wildman–Crippen MR) is 67.9 cm³/mol. The fourth-order valence-corrected chi connectivity index (χ4v) is 1.49. The van der Waals surface area contributed by atoms with Crippen LogP contribution in [0.2, 0.25) is 0 Å². The van der Waals surface area contributed by atoms with Gasteiger partial charge < -0.3 is 10.6 Å². The Kier molecular flexibility index (Phi) is 4.69. The molecule has 0 saturated heterocycles. The first-order chi connectivity index (χ1) is 8.06. The zero-order chi connectivity index (χ0) is 12.8. The first kappa shape index (κ1) is 13.2. The lowest BCUT2D eigenvalue weighted by atomic mass is 10.1. The van der Waals surface area contributed by atoms with Crippen molar-refractivity contribution in [2.24, 2.45) is 5.73 Å². The molecule has 0 heterocycles. The first-order valence-corrected chi connectivity index (χ1v) is 5.72. The molecule has 0 fully saturated rings. The summed E-state index contributed by atoms with van der Waals surface area (Å²) in [5.74, 6) is -0.379. The number of hydrogen-bond donors (Lipinski definition) is 1. The fourth-order valence-electron chi connectivity index (χ4n) is 1.49. The molecule has 0 atom stereocenters. The molecule has 1 rings (SSSR count). The van der Waals surface area contributed by atoms with Crippen LogP contribution in [0.1, 0.15) is 36.5 Å². The highest BCUT2D eigenvalue weighted by Gasteiger charge is 2.10. The molecular formula is C13H18N2O2. The fraction of sp³-hybridized carbons (Fsp3) is 0.385. The van der Waals surface area contributed by atoms with Crippen molar-refractivity contribution in [1.82, 2.24) is 0 Å². The lowest BCUT2D eigenvalue weighted by molar-refractivity contribution is -0.118. The molecule has 2 amide bonds. The van der Waals surface area contributed by atoms with Gasteiger partial charge in [-0.25, -0.2) is 0 Å². The average Bonchev–Trinajstić information content (AvgIpc) is 2.35. The summed E-state index contributed by atoms with van der Waals surface area (Å²) in [6, 6.07) is 6.70. The first-order valence-electron chi connectivity index (χ1n) is 5.72. The van der Waals surface area contributed by atoms with Crippen LogP contribution in [0, 0.1) is 0 Å². The standard InChI is InChI=1S/C13H18N2O2/c1-3-4-5-12(16)15(2)11-8-6-10(7-9-11)13(14)17/h6-9H,3-5H2,1-2H3,(H2,14,17). The third-order valence-electron chi connectivity index (χ3n) is 2.66. The third kappa shape index (κ3) is 3.59. The van der Waals surface area contributed by atoms with E-state index in [1.54, 1.807) is 36.2 Å². The molecule has 0 radical (unpaired) electrons. The van der Waals surface area contributed by atoms with Gasteiger partial charge in [0, 0.05) is 24.7 Å². The van der Waals surface area contributed by atoms with Crippen molar-refractivity contribution in [3.8, 4) is 0 Å². The lowest BCUT2D eigenvalue weighted by Crippen LogP contribution is -2.25. The minimum atomic E-state index is -0.462. The molecule has 0 aliphatic heterocycles. The van der Waals surface area contributed by atoms with Gasteiger partial charge in [0.05, 0.1) is 0 Å². The molecule has 0 spiro atoms. The van der Waals surface area contributed by atoms with Crippen LogP contribution in [0.15, 0.2) is 24.3 Å². The van der Waals surface area contributed by atoms with Crippen molar-refractivity contribution in [3.05, 3.63) is 29.8 Å². The Labute approximate surface area is 101 Å². The van der Waals surface area contributed by atoms with E-state index < -0.39 is 5.91 Å². The smallest absolute Gasteiger partial charge is 0.248 e. The van der Waals surface area contributed by atoms with Crippen molar-refractivity contribution in [1.29, 1.82) is 0 Å². The average molecular weight is 234 g/mol. The van der Waals surface area contributed by atoms with Crippen LogP contribution in [-0.2, 0) is 4.79 Å². The lowest BCUT2D eigenvalue weighted by Gasteiger charge is -2.17. The van der Waals surface area contributed by atoms with Gasteiger partial charge in [-0.15, -0.1) is 0 Å². The largest absolute Gasteiger partial charge is 0.366 e. The summed E-state index contributed by atoms with van der Waals surface area (Å²) in [6.45, 7) is 2.05. The second kappa shape index (κ2) is 6.03. The van der Waals surface area contributed by atoms with E-state index in [0.717, 1.165) is 18.5 Å². The number of primary amides is 1. The highest BCUT2D eigenvalue weighted by atomic mass is 16.2. The van der Waals surface area contributed by atoms with Crippen LogP contribution in [-0.4, -0.2) is 18.9 Å². The second-order valence-electron chi connectivity index (χ2n) is 3.97. The maximum atomic E-state index is 11.8. The molecule has 17 heavy (non-hydrogen) atoms.